The number of allylic oxidation sites excluding steroid dienone is 1. The van der Waals surface area contributed by atoms with Gasteiger partial charge in [0.15, 0.2) is 5.17 Å². The molecule has 2 aromatic carbocycles. The molecule has 2 heterocycles. The smallest absolute Gasteiger partial charge is 0.332 e. The van der Waals surface area contributed by atoms with Crippen molar-refractivity contribution in [3.8, 4) is 0 Å². The second kappa shape index (κ2) is 9.81. The molecule has 0 N–H and O–H groups in total. The van der Waals surface area contributed by atoms with E-state index in [1.165, 1.54) is 23.4 Å². The predicted molar refractivity (Wildman–Crippen MR) is 135 cm³/mol. The number of carbonyl (C=O) groups excluding carboxylic acids is 2. The number of aliphatic imine (C=N–C) groups is 1. The fraction of sp³-hybridized carbons (Fsp3) is 0.259. The normalized spacial score (nSPS) is 24.3. The highest BCUT2D eigenvalue weighted by molar-refractivity contribution is 8.18. The molecule has 0 bridgehead atoms. The molecule has 5 rings (SSSR count). The second-order valence-corrected chi connectivity index (χ2v) is 9.34. The van der Waals surface area contributed by atoms with Gasteiger partial charge in [0.2, 0.25) is 0 Å². The van der Waals surface area contributed by atoms with E-state index in [0.717, 1.165) is 36.1 Å². The summed E-state index contributed by atoms with van der Waals surface area (Å²) >= 11 is 1.18. The highest BCUT2D eigenvalue weighted by Crippen LogP contribution is 2.46. The lowest BCUT2D eigenvalue weighted by molar-refractivity contribution is -0.137. The molecule has 0 saturated heterocycles. The standard InChI is InChI=1S/C27H25N3O3S/c1-2-33-23(31)17-22-26(32)28-27(34-22)30-25(19-12-7-4-8-13-19)21-15-9-14-20(24(21)29-30)16-18-10-5-3-6-11-18/h3-8,10-13,16-17,21,25H,2,9,14-15H2,1H3/b20-16-,22-17-/t21-,25+/m1/s1. The van der Waals surface area contributed by atoms with E-state index < -0.39 is 11.9 Å². The molecule has 2 atom stereocenters. The number of esters is 1. The summed E-state index contributed by atoms with van der Waals surface area (Å²) in [6, 6.07) is 20.5. The van der Waals surface area contributed by atoms with Crippen molar-refractivity contribution < 1.29 is 14.3 Å². The topological polar surface area (TPSA) is 71.3 Å². The number of nitrogens with zero attached hydrogens (tertiary/aromatic N) is 3. The van der Waals surface area contributed by atoms with Crippen LogP contribution in [-0.4, -0.2) is 34.4 Å². The van der Waals surface area contributed by atoms with E-state index >= 15 is 0 Å². The number of rotatable bonds is 4. The maximum atomic E-state index is 12.6. The Bertz CT molecular complexity index is 1220. The highest BCUT2D eigenvalue weighted by Gasteiger charge is 2.44. The molecule has 1 saturated carbocycles. The van der Waals surface area contributed by atoms with Crippen LogP contribution in [0.1, 0.15) is 43.4 Å². The zero-order chi connectivity index (χ0) is 23.5. The van der Waals surface area contributed by atoms with E-state index in [2.05, 4.69) is 35.3 Å². The van der Waals surface area contributed by atoms with Crippen molar-refractivity contribution in [3.63, 3.8) is 0 Å². The van der Waals surface area contributed by atoms with Gasteiger partial charge in [-0.15, -0.1) is 0 Å². The lowest BCUT2D eigenvalue weighted by Crippen LogP contribution is -2.30. The Kier molecular flexibility index (Phi) is 6.45. The average Bonchev–Trinajstić information content (AvgIpc) is 3.41. The third-order valence-electron chi connectivity index (χ3n) is 6.12. The number of hydrazone groups is 1. The number of amides is 1. The van der Waals surface area contributed by atoms with Crippen molar-refractivity contribution in [1.29, 1.82) is 0 Å². The fourth-order valence-electron chi connectivity index (χ4n) is 4.68. The third-order valence-corrected chi connectivity index (χ3v) is 7.10. The van der Waals surface area contributed by atoms with Gasteiger partial charge in [0, 0.05) is 12.0 Å². The van der Waals surface area contributed by atoms with Gasteiger partial charge in [-0.3, -0.25) is 4.79 Å². The van der Waals surface area contributed by atoms with Gasteiger partial charge < -0.3 is 4.74 Å². The van der Waals surface area contributed by atoms with Gasteiger partial charge in [-0.25, -0.2) is 9.80 Å². The number of hydrogen-bond donors (Lipinski definition) is 0. The summed E-state index contributed by atoms with van der Waals surface area (Å²) in [6.07, 6.45) is 6.50. The third kappa shape index (κ3) is 4.48. The van der Waals surface area contributed by atoms with Crippen molar-refractivity contribution in [3.05, 3.63) is 88.3 Å². The number of thioether (sulfide) groups is 1. The van der Waals surface area contributed by atoms with Crippen molar-refractivity contribution in [2.75, 3.05) is 6.61 Å². The average molecular weight is 472 g/mol. The summed E-state index contributed by atoms with van der Waals surface area (Å²) in [6.45, 7) is 1.98. The molecule has 2 aliphatic heterocycles. The van der Waals surface area contributed by atoms with Gasteiger partial charge in [-0.2, -0.15) is 10.1 Å². The van der Waals surface area contributed by atoms with Crippen LogP contribution in [0.3, 0.4) is 0 Å². The van der Waals surface area contributed by atoms with Crippen LogP contribution in [0.5, 0.6) is 0 Å². The minimum atomic E-state index is -0.538. The quantitative estimate of drug-likeness (QED) is 0.443. The molecule has 0 aromatic heterocycles. The lowest BCUT2D eigenvalue weighted by atomic mass is 9.77. The van der Waals surface area contributed by atoms with Crippen LogP contribution in [-0.2, 0) is 14.3 Å². The first-order valence-electron chi connectivity index (χ1n) is 11.5. The molecular formula is C27H25N3O3S. The van der Waals surface area contributed by atoms with E-state index in [9.17, 15) is 9.59 Å². The van der Waals surface area contributed by atoms with E-state index in [1.54, 1.807) is 6.92 Å². The number of fused-ring (bicyclic) bond motifs is 1. The molecule has 3 aliphatic rings. The first-order chi connectivity index (χ1) is 16.6. The predicted octanol–water partition coefficient (Wildman–Crippen LogP) is 5.36. The summed E-state index contributed by atoms with van der Waals surface area (Å²) in [5.41, 5.74) is 4.56. The highest BCUT2D eigenvalue weighted by atomic mass is 32.2. The Balaban J connectivity index is 1.52. The number of carbonyl (C=O) groups is 2. The first kappa shape index (κ1) is 22.3. The summed E-state index contributed by atoms with van der Waals surface area (Å²) < 4.78 is 4.97. The molecule has 7 heteroatoms. The zero-order valence-corrected chi connectivity index (χ0v) is 19.7. The van der Waals surface area contributed by atoms with Crippen molar-refractivity contribution >= 4 is 40.6 Å². The van der Waals surface area contributed by atoms with Crippen LogP contribution in [0.4, 0.5) is 0 Å². The van der Waals surface area contributed by atoms with E-state index in [0.29, 0.717) is 5.17 Å². The van der Waals surface area contributed by atoms with Crippen LogP contribution < -0.4 is 0 Å². The molecule has 34 heavy (non-hydrogen) atoms. The molecule has 172 valence electrons. The Morgan fingerprint density at radius 3 is 2.62 bits per heavy atom. The van der Waals surface area contributed by atoms with Crippen molar-refractivity contribution in [2.24, 2.45) is 16.0 Å². The van der Waals surface area contributed by atoms with Crippen LogP contribution in [0.15, 0.2) is 87.3 Å². The minimum Gasteiger partial charge on any atom is -0.463 e. The molecule has 0 radical (unpaired) electrons. The molecule has 2 aromatic rings. The van der Waals surface area contributed by atoms with Crippen LogP contribution in [0.25, 0.3) is 6.08 Å². The number of amidine groups is 1. The first-order valence-corrected chi connectivity index (χ1v) is 12.3. The zero-order valence-electron chi connectivity index (χ0n) is 18.9. The Morgan fingerprint density at radius 2 is 1.88 bits per heavy atom. The monoisotopic (exact) mass is 471 g/mol. The van der Waals surface area contributed by atoms with Gasteiger partial charge in [0.25, 0.3) is 5.91 Å². The van der Waals surface area contributed by atoms with Crippen LogP contribution >= 0.6 is 11.8 Å². The van der Waals surface area contributed by atoms with Gasteiger partial charge >= 0.3 is 5.97 Å². The van der Waals surface area contributed by atoms with E-state index in [1.807, 2.05) is 41.4 Å². The van der Waals surface area contributed by atoms with E-state index in [4.69, 9.17) is 9.84 Å². The molecule has 1 amide bonds. The van der Waals surface area contributed by atoms with Gasteiger partial charge in [0.05, 0.1) is 23.3 Å². The molecule has 0 unspecified atom stereocenters. The number of ether oxygens (including phenoxy) is 1. The summed E-state index contributed by atoms with van der Waals surface area (Å²) in [4.78, 5) is 29.0. The van der Waals surface area contributed by atoms with Gasteiger partial charge in [-0.1, -0.05) is 60.7 Å². The van der Waals surface area contributed by atoms with Crippen molar-refractivity contribution in [2.45, 2.75) is 32.2 Å². The Hall–Kier alpha value is -3.45. The lowest BCUT2D eigenvalue weighted by Gasteiger charge is -2.30. The maximum absolute atomic E-state index is 12.6. The van der Waals surface area contributed by atoms with Crippen LogP contribution in [0, 0.1) is 5.92 Å². The summed E-state index contributed by atoms with van der Waals surface area (Å²) in [5, 5.41) is 7.42. The van der Waals surface area contributed by atoms with E-state index in [-0.39, 0.29) is 23.5 Å². The largest absolute Gasteiger partial charge is 0.463 e. The minimum absolute atomic E-state index is 0.0586. The van der Waals surface area contributed by atoms with Crippen molar-refractivity contribution in [1.82, 2.24) is 5.01 Å². The SMILES string of the molecule is CCOC(=O)/C=C1\SC(N2N=C3/C(=C\c4ccccc4)CCC[C@H]3[C@@H]2c2ccccc2)=NC1=O. The van der Waals surface area contributed by atoms with Gasteiger partial charge in [-0.05, 0) is 60.7 Å². The van der Waals surface area contributed by atoms with Crippen LogP contribution in [0.2, 0.25) is 0 Å². The molecule has 1 aliphatic carbocycles. The summed E-state index contributed by atoms with van der Waals surface area (Å²) in [5.74, 6) is -0.776. The van der Waals surface area contributed by atoms with Gasteiger partial charge in [0.1, 0.15) is 0 Å². The molecular weight excluding hydrogens is 446 g/mol. The molecule has 6 nitrogen and oxygen atoms in total. The maximum Gasteiger partial charge on any atom is 0.332 e. The summed E-state index contributed by atoms with van der Waals surface area (Å²) in [7, 11) is 0. The Labute approximate surface area is 203 Å². The second-order valence-electron chi connectivity index (χ2n) is 8.33. The molecule has 1 fully saturated rings. The number of hydrogen-bond acceptors (Lipinski definition) is 6. The molecule has 0 spiro atoms. The number of benzene rings is 2. The fourth-order valence-corrected chi connectivity index (χ4v) is 5.54. The Morgan fingerprint density at radius 1 is 1.15 bits per heavy atom.